The van der Waals surface area contributed by atoms with Crippen LogP contribution in [0.1, 0.15) is 18.3 Å². The molecular weight excluding hydrogens is 382 g/mol. The van der Waals surface area contributed by atoms with Gasteiger partial charge in [0.15, 0.2) is 5.96 Å². The highest BCUT2D eigenvalue weighted by molar-refractivity contribution is 5.79. The zero-order valence-electron chi connectivity index (χ0n) is 18.5. The van der Waals surface area contributed by atoms with Crippen LogP contribution < -0.4 is 14.8 Å². The fraction of sp³-hybridized carbons (Fsp3) is 0.571. The highest BCUT2D eigenvalue weighted by Gasteiger charge is 2.20. The number of hydrogen-bond donors (Lipinski definition) is 1. The molecule has 0 bridgehead atoms. The van der Waals surface area contributed by atoms with Crippen LogP contribution in [0.15, 0.2) is 29.5 Å². The first-order valence-electron chi connectivity index (χ1n) is 10.4. The predicted molar refractivity (Wildman–Crippen MR) is 117 cm³/mol. The molecule has 1 saturated heterocycles. The third-order valence-electron chi connectivity index (χ3n) is 5.41. The topological polar surface area (TPSA) is 80.0 Å². The maximum Gasteiger partial charge on any atom is 0.193 e. The van der Waals surface area contributed by atoms with Crippen LogP contribution in [-0.4, -0.2) is 84.5 Å². The van der Waals surface area contributed by atoms with E-state index in [0.717, 1.165) is 81.1 Å². The number of ether oxygens (including phenoxy) is 2. The molecule has 0 radical (unpaired) electrons. The molecule has 9 nitrogen and oxygen atoms in total. The molecule has 1 fully saturated rings. The second-order valence-corrected chi connectivity index (χ2v) is 7.21. The van der Waals surface area contributed by atoms with Gasteiger partial charge in [0.2, 0.25) is 0 Å². The molecule has 0 atom stereocenters. The summed E-state index contributed by atoms with van der Waals surface area (Å²) in [5, 5.41) is 11.6. The molecule has 3 rings (SSSR count). The lowest BCUT2D eigenvalue weighted by Crippen LogP contribution is -2.52. The van der Waals surface area contributed by atoms with Crippen molar-refractivity contribution in [1.29, 1.82) is 0 Å². The number of aryl methyl sites for hydroxylation is 1. The van der Waals surface area contributed by atoms with E-state index in [1.165, 1.54) is 0 Å². The van der Waals surface area contributed by atoms with Crippen LogP contribution in [-0.2, 0) is 19.5 Å². The average molecular weight is 416 g/mol. The lowest BCUT2D eigenvalue weighted by molar-refractivity contribution is 0.171. The lowest BCUT2D eigenvalue weighted by atomic mass is 10.1. The van der Waals surface area contributed by atoms with Gasteiger partial charge in [0, 0.05) is 64.8 Å². The monoisotopic (exact) mass is 415 g/mol. The minimum absolute atomic E-state index is 0.791. The van der Waals surface area contributed by atoms with E-state index >= 15 is 0 Å². The summed E-state index contributed by atoms with van der Waals surface area (Å²) < 4.78 is 13.0. The fourth-order valence-corrected chi connectivity index (χ4v) is 3.72. The van der Waals surface area contributed by atoms with Gasteiger partial charge < -0.3 is 24.3 Å². The minimum Gasteiger partial charge on any atom is -0.497 e. The number of rotatable bonds is 8. The van der Waals surface area contributed by atoms with Gasteiger partial charge in [-0.25, -0.2) is 0 Å². The molecule has 0 saturated carbocycles. The molecule has 0 unspecified atom stereocenters. The molecular formula is C21H33N7O2. The summed E-state index contributed by atoms with van der Waals surface area (Å²) in [7, 11) is 5.24. The number of hydrogen-bond acceptors (Lipinski definition) is 6. The average Bonchev–Trinajstić information content (AvgIpc) is 3.25. The SMILES string of the molecule is CCc1nncn1CCNC(=NC)N1CCN(Cc2cc(OC)ccc2OC)CC1. The van der Waals surface area contributed by atoms with E-state index in [4.69, 9.17) is 9.47 Å². The predicted octanol–water partition coefficient (Wildman–Crippen LogP) is 1.25. The van der Waals surface area contributed by atoms with Gasteiger partial charge in [-0.15, -0.1) is 10.2 Å². The summed E-state index contributed by atoms with van der Waals surface area (Å²) in [6.07, 6.45) is 2.67. The van der Waals surface area contributed by atoms with Gasteiger partial charge >= 0.3 is 0 Å². The van der Waals surface area contributed by atoms with Gasteiger partial charge in [-0.3, -0.25) is 9.89 Å². The molecule has 1 N–H and O–H groups in total. The third kappa shape index (κ3) is 5.41. The molecule has 1 aliphatic rings. The number of guanidine groups is 1. The first-order valence-corrected chi connectivity index (χ1v) is 10.4. The smallest absolute Gasteiger partial charge is 0.193 e. The first kappa shape index (κ1) is 21.9. The van der Waals surface area contributed by atoms with Gasteiger partial charge in [0.1, 0.15) is 23.7 Å². The normalized spacial score (nSPS) is 15.3. The molecule has 0 spiro atoms. The second-order valence-electron chi connectivity index (χ2n) is 7.21. The van der Waals surface area contributed by atoms with Crippen molar-refractivity contribution in [2.24, 2.45) is 4.99 Å². The van der Waals surface area contributed by atoms with E-state index in [0.29, 0.717) is 0 Å². The van der Waals surface area contributed by atoms with Crippen molar-refractivity contribution in [3.8, 4) is 11.5 Å². The maximum atomic E-state index is 5.52. The number of aromatic nitrogens is 3. The molecule has 0 aliphatic carbocycles. The zero-order valence-corrected chi connectivity index (χ0v) is 18.5. The summed E-state index contributed by atoms with van der Waals surface area (Å²) in [5.41, 5.74) is 1.15. The Morgan fingerprint density at radius 2 is 1.97 bits per heavy atom. The Morgan fingerprint density at radius 3 is 2.63 bits per heavy atom. The van der Waals surface area contributed by atoms with Crippen LogP contribution in [0, 0.1) is 0 Å². The maximum absolute atomic E-state index is 5.52. The van der Waals surface area contributed by atoms with E-state index in [2.05, 4.69) is 47.9 Å². The van der Waals surface area contributed by atoms with Crippen molar-refractivity contribution in [3.63, 3.8) is 0 Å². The van der Waals surface area contributed by atoms with Crippen LogP contribution in [0.5, 0.6) is 11.5 Å². The molecule has 2 aromatic rings. The highest BCUT2D eigenvalue weighted by Crippen LogP contribution is 2.25. The highest BCUT2D eigenvalue weighted by atomic mass is 16.5. The van der Waals surface area contributed by atoms with Crippen LogP contribution in [0.4, 0.5) is 0 Å². The summed E-state index contributed by atoms with van der Waals surface area (Å²) in [5.74, 6) is 3.71. The molecule has 164 valence electrons. The van der Waals surface area contributed by atoms with E-state index in [1.54, 1.807) is 20.5 Å². The zero-order chi connectivity index (χ0) is 21.3. The Kier molecular flexibility index (Phi) is 7.89. The van der Waals surface area contributed by atoms with Crippen molar-refractivity contribution in [3.05, 3.63) is 35.9 Å². The van der Waals surface area contributed by atoms with Crippen LogP contribution in [0.3, 0.4) is 0 Å². The third-order valence-corrected chi connectivity index (χ3v) is 5.41. The van der Waals surface area contributed by atoms with Crippen LogP contribution in [0.25, 0.3) is 0 Å². The lowest BCUT2D eigenvalue weighted by Gasteiger charge is -2.36. The van der Waals surface area contributed by atoms with Gasteiger partial charge in [0.05, 0.1) is 14.2 Å². The minimum atomic E-state index is 0.791. The molecule has 2 heterocycles. The quantitative estimate of drug-likeness (QED) is 0.513. The summed E-state index contributed by atoms with van der Waals surface area (Å²) in [6, 6.07) is 5.95. The standard InChI is InChI=1S/C21H33N7O2/c1-5-20-25-24-16-28(20)9-8-23-21(22-2)27-12-10-26(11-13-27)15-17-14-18(29-3)6-7-19(17)30-4/h6-7,14,16H,5,8-13,15H2,1-4H3,(H,22,23). The van der Waals surface area contributed by atoms with Crippen molar-refractivity contribution in [2.45, 2.75) is 26.4 Å². The van der Waals surface area contributed by atoms with Crippen LogP contribution in [0.2, 0.25) is 0 Å². The number of nitrogens with zero attached hydrogens (tertiary/aromatic N) is 6. The number of piperazine rings is 1. The molecule has 1 aromatic heterocycles. The van der Waals surface area contributed by atoms with E-state index < -0.39 is 0 Å². The number of methoxy groups -OCH3 is 2. The Bertz CT molecular complexity index is 829. The van der Waals surface area contributed by atoms with Crippen molar-refractivity contribution >= 4 is 5.96 Å². The van der Waals surface area contributed by atoms with Gasteiger partial charge in [-0.2, -0.15) is 0 Å². The van der Waals surface area contributed by atoms with Gasteiger partial charge in [-0.1, -0.05) is 6.92 Å². The van der Waals surface area contributed by atoms with Crippen molar-refractivity contribution in [1.82, 2.24) is 29.9 Å². The summed E-state index contributed by atoms with van der Waals surface area (Å²) >= 11 is 0. The first-order chi connectivity index (χ1) is 14.7. The molecule has 1 aliphatic heterocycles. The molecule has 0 amide bonds. The Morgan fingerprint density at radius 1 is 1.17 bits per heavy atom. The van der Waals surface area contributed by atoms with Gasteiger partial charge in [0.25, 0.3) is 0 Å². The largest absolute Gasteiger partial charge is 0.497 e. The molecule has 30 heavy (non-hydrogen) atoms. The van der Waals surface area contributed by atoms with E-state index in [9.17, 15) is 0 Å². The number of nitrogens with one attached hydrogen (secondary N) is 1. The van der Waals surface area contributed by atoms with E-state index in [-0.39, 0.29) is 0 Å². The van der Waals surface area contributed by atoms with Crippen LogP contribution >= 0.6 is 0 Å². The Hall–Kier alpha value is -2.81. The molecule has 1 aromatic carbocycles. The van der Waals surface area contributed by atoms with E-state index in [1.807, 2.05) is 19.2 Å². The Labute approximate surface area is 178 Å². The Balaban J connectivity index is 1.49. The van der Waals surface area contributed by atoms with Gasteiger partial charge in [-0.05, 0) is 18.2 Å². The summed E-state index contributed by atoms with van der Waals surface area (Å²) in [4.78, 5) is 9.22. The summed E-state index contributed by atoms with van der Waals surface area (Å²) in [6.45, 7) is 8.33. The number of benzene rings is 1. The second kappa shape index (κ2) is 10.8. The number of aliphatic imine (C=N–C) groups is 1. The van der Waals surface area contributed by atoms with Crippen molar-refractivity contribution < 1.29 is 9.47 Å². The fourth-order valence-electron chi connectivity index (χ4n) is 3.72. The van der Waals surface area contributed by atoms with Crippen molar-refractivity contribution in [2.75, 3.05) is 54.0 Å². The molecule has 9 heteroatoms.